The largest absolute Gasteiger partial charge is 0.394 e. The van der Waals surface area contributed by atoms with E-state index in [1.54, 1.807) is 0 Å². The van der Waals surface area contributed by atoms with E-state index in [0.29, 0.717) is 5.91 Å². The monoisotopic (exact) mass is 306 g/mol. The molecule has 0 saturated carbocycles. The van der Waals surface area contributed by atoms with Gasteiger partial charge in [-0.05, 0) is 56.6 Å². The Kier molecular flexibility index (Phi) is 6.46. The smallest absolute Gasteiger partial charge is 0.225 e. The average molecular weight is 306 g/mol. The van der Waals surface area contributed by atoms with Crippen LogP contribution in [0.15, 0.2) is 24.4 Å². The summed E-state index contributed by atoms with van der Waals surface area (Å²) in [5, 5.41) is 2.98. The molecule has 3 N–H and O–H groups in total. The van der Waals surface area contributed by atoms with Crippen LogP contribution in [0.3, 0.4) is 0 Å². The molecule has 5 heteroatoms. The number of piperidine rings is 2. The van der Waals surface area contributed by atoms with Gasteiger partial charge in [-0.25, -0.2) is 0 Å². The third-order valence-electron chi connectivity index (χ3n) is 4.70. The number of carbonyl (C=O) groups is 1. The summed E-state index contributed by atoms with van der Waals surface area (Å²) in [6, 6.07) is 0.280. The fourth-order valence-corrected chi connectivity index (χ4v) is 3.26. The Morgan fingerprint density at radius 2 is 1.86 bits per heavy atom. The summed E-state index contributed by atoms with van der Waals surface area (Å²) >= 11 is 0. The van der Waals surface area contributed by atoms with Gasteiger partial charge in [0, 0.05) is 38.6 Å². The molecule has 22 heavy (non-hydrogen) atoms. The van der Waals surface area contributed by atoms with Gasteiger partial charge >= 0.3 is 0 Å². The van der Waals surface area contributed by atoms with Crippen molar-refractivity contribution in [2.75, 3.05) is 39.8 Å². The van der Waals surface area contributed by atoms with Gasteiger partial charge in [0.2, 0.25) is 5.91 Å². The number of hydrogen-bond acceptors (Lipinski definition) is 4. The summed E-state index contributed by atoms with van der Waals surface area (Å²) in [7, 11) is 1.88. The number of rotatable bonds is 5. The number of nitrogens with two attached hydrogens (primary N) is 1. The Balaban J connectivity index is 1.73. The highest BCUT2D eigenvalue weighted by Gasteiger charge is 2.30. The molecule has 2 fully saturated rings. The third kappa shape index (κ3) is 4.85. The zero-order valence-electron chi connectivity index (χ0n) is 13.8. The zero-order chi connectivity index (χ0) is 15.9. The minimum atomic E-state index is 0.201. The van der Waals surface area contributed by atoms with Crippen molar-refractivity contribution in [1.82, 2.24) is 15.1 Å². The molecule has 0 aliphatic carbocycles. The number of hydrogen-bond donors (Lipinski definition) is 2. The predicted octanol–water partition coefficient (Wildman–Crippen LogP) is 0.937. The average Bonchev–Trinajstić information content (AvgIpc) is 2.54. The molecule has 0 bridgehead atoms. The van der Waals surface area contributed by atoms with E-state index in [0.717, 1.165) is 64.0 Å². The lowest BCUT2D eigenvalue weighted by atomic mass is 9.93. The molecule has 0 aromatic rings. The molecule has 2 heterocycles. The van der Waals surface area contributed by atoms with Gasteiger partial charge < -0.3 is 16.0 Å². The van der Waals surface area contributed by atoms with Gasteiger partial charge in [-0.1, -0.05) is 6.58 Å². The van der Waals surface area contributed by atoms with Gasteiger partial charge in [-0.2, -0.15) is 0 Å². The van der Waals surface area contributed by atoms with E-state index >= 15 is 0 Å². The fraction of sp³-hybridized carbons (Fsp3) is 0.706. The molecule has 124 valence electrons. The number of likely N-dealkylation sites (tertiary alicyclic amines) is 2. The third-order valence-corrected chi connectivity index (χ3v) is 4.70. The van der Waals surface area contributed by atoms with Crippen molar-refractivity contribution in [2.24, 2.45) is 11.7 Å². The second-order valence-electron chi connectivity index (χ2n) is 6.49. The second-order valence-corrected chi connectivity index (χ2v) is 6.49. The Morgan fingerprint density at radius 1 is 1.23 bits per heavy atom. The molecular formula is C17H30N4O. The number of nitrogens with one attached hydrogen (secondary N) is 1. The SMILES string of the molecule is C=C(/C=C\NC)CN1CCC(C(=O)N2CCC(N)CC2)CC1. The Bertz CT molecular complexity index is 405. The highest BCUT2D eigenvalue weighted by Crippen LogP contribution is 2.22. The lowest BCUT2D eigenvalue weighted by Gasteiger charge is -2.36. The van der Waals surface area contributed by atoms with E-state index in [2.05, 4.69) is 16.8 Å². The standard InChI is InChI=1S/C17H30N4O/c1-14(3-8-19-2)13-20-9-4-15(5-10-20)17(22)21-11-6-16(18)7-12-21/h3,8,15-16,19H,1,4-7,9-13,18H2,2H3/b8-3-. The van der Waals surface area contributed by atoms with Crippen LogP contribution in [-0.2, 0) is 4.79 Å². The first-order valence-electron chi connectivity index (χ1n) is 8.38. The minimum absolute atomic E-state index is 0.201. The van der Waals surface area contributed by atoms with Crippen molar-refractivity contribution in [3.8, 4) is 0 Å². The second kappa shape index (κ2) is 8.34. The van der Waals surface area contributed by atoms with Crippen LogP contribution in [0.5, 0.6) is 0 Å². The summed E-state index contributed by atoms with van der Waals surface area (Å²) in [5.74, 6) is 0.548. The summed E-state index contributed by atoms with van der Waals surface area (Å²) in [4.78, 5) is 17.0. The van der Waals surface area contributed by atoms with E-state index < -0.39 is 0 Å². The number of amides is 1. The van der Waals surface area contributed by atoms with E-state index in [-0.39, 0.29) is 12.0 Å². The maximum absolute atomic E-state index is 12.6. The molecule has 0 atom stereocenters. The predicted molar refractivity (Wildman–Crippen MR) is 90.3 cm³/mol. The molecular weight excluding hydrogens is 276 g/mol. The van der Waals surface area contributed by atoms with Crippen LogP contribution in [0.25, 0.3) is 0 Å². The molecule has 0 aromatic heterocycles. The van der Waals surface area contributed by atoms with E-state index in [4.69, 9.17) is 5.73 Å². The lowest BCUT2D eigenvalue weighted by Crippen LogP contribution is -2.47. The molecule has 0 radical (unpaired) electrons. The van der Waals surface area contributed by atoms with Crippen LogP contribution in [-0.4, -0.2) is 61.5 Å². The maximum atomic E-state index is 12.6. The molecule has 2 aliphatic rings. The zero-order valence-corrected chi connectivity index (χ0v) is 13.8. The van der Waals surface area contributed by atoms with Gasteiger partial charge in [-0.3, -0.25) is 9.69 Å². The van der Waals surface area contributed by atoms with Crippen LogP contribution >= 0.6 is 0 Å². The van der Waals surface area contributed by atoms with Crippen LogP contribution in [0.2, 0.25) is 0 Å². The number of nitrogens with zero attached hydrogens (tertiary/aromatic N) is 2. The van der Waals surface area contributed by atoms with Gasteiger partial charge in [0.15, 0.2) is 0 Å². The summed E-state index contributed by atoms with van der Waals surface area (Å²) in [6.45, 7) is 8.59. The Labute approximate surface area is 134 Å². The Morgan fingerprint density at radius 3 is 2.45 bits per heavy atom. The van der Waals surface area contributed by atoms with Crippen molar-refractivity contribution < 1.29 is 4.79 Å². The van der Waals surface area contributed by atoms with Crippen molar-refractivity contribution in [3.63, 3.8) is 0 Å². The quantitative estimate of drug-likeness (QED) is 0.742. The van der Waals surface area contributed by atoms with E-state index in [1.807, 2.05) is 24.2 Å². The van der Waals surface area contributed by atoms with Crippen LogP contribution in [0.4, 0.5) is 0 Å². The van der Waals surface area contributed by atoms with Crippen molar-refractivity contribution in [2.45, 2.75) is 31.7 Å². The van der Waals surface area contributed by atoms with Crippen LogP contribution < -0.4 is 11.1 Å². The maximum Gasteiger partial charge on any atom is 0.225 e. The molecule has 1 amide bonds. The first kappa shape index (κ1) is 17.0. The Hall–Kier alpha value is -1.33. The van der Waals surface area contributed by atoms with Crippen molar-refractivity contribution in [1.29, 1.82) is 0 Å². The fourth-order valence-electron chi connectivity index (χ4n) is 3.26. The van der Waals surface area contributed by atoms with Crippen molar-refractivity contribution in [3.05, 3.63) is 24.4 Å². The molecule has 2 rings (SSSR count). The van der Waals surface area contributed by atoms with Crippen LogP contribution in [0.1, 0.15) is 25.7 Å². The molecule has 0 unspecified atom stereocenters. The first-order chi connectivity index (χ1) is 10.6. The van der Waals surface area contributed by atoms with Crippen LogP contribution in [0, 0.1) is 5.92 Å². The highest BCUT2D eigenvalue weighted by atomic mass is 16.2. The number of carbonyl (C=O) groups excluding carboxylic acids is 1. The normalized spacial score (nSPS) is 22.2. The summed E-state index contributed by atoms with van der Waals surface area (Å²) < 4.78 is 0. The van der Waals surface area contributed by atoms with E-state index in [1.165, 1.54) is 0 Å². The minimum Gasteiger partial charge on any atom is -0.394 e. The summed E-state index contributed by atoms with van der Waals surface area (Å²) in [5.41, 5.74) is 7.01. The summed E-state index contributed by atoms with van der Waals surface area (Å²) in [6.07, 6.45) is 7.73. The van der Waals surface area contributed by atoms with Gasteiger partial charge in [-0.15, -0.1) is 0 Å². The highest BCUT2D eigenvalue weighted by molar-refractivity contribution is 5.79. The molecule has 0 aromatic carbocycles. The van der Waals surface area contributed by atoms with Gasteiger partial charge in [0.25, 0.3) is 0 Å². The van der Waals surface area contributed by atoms with Crippen molar-refractivity contribution >= 4 is 5.91 Å². The molecule has 5 nitrogen and oxygen atoms in total. The first-order valence-corrected chi connectivity index (χ1v) is 8.38. The molecule has 0 spiro atoms. The topological polar surface area (TPSA) is 61.6 Å². The molecule has 2 aliphatic heterocycles. The molecule has 2 saturated heterocycles. The van der Waals surface area contributed by atoms with Gasteiger partial charge in [0.05, 0.1) is 0 Å². The van der Waals surface area contributed by atoms with E-state index in [9.17, 15) is 4.79 Å². The lowest BCUT2D eigenvalue weighted by molar-refractivity contribution is -0.138. The van der Waals surface area contributed by atoms with Gasteiger partial charge in [0.1, 0.15) is 0 Å².